The molecule has 1 aliphatic carbocycles. The van der Waals surface area contributed by atoms with Crippen LogP contribution < -0.4 is 0 Å². The van der Waals surface area contributed by atoms with E-state index in [1.807, 2.05) is 0 Å². The van der Waals surface area contributed by atoms with Crippen LogP contribution >= 0.6 is 0 Å². The van der Waals surface area contributed by atoms with Crippen molar-refractivity contribution in [1.82, 2.24) is 0 Å². The fraction of sp³-hybridized carbons (Fsp3) is 0.818. The van der Waals surface area contributed by atoms with Crippen molar-refractivity contribution < 1.29 is 0 Å². The van der Waals surface area contributed by atoms with Gasteiger partial charge in [0.2, 0.25) is 0 Å². The predicted octanol–water partition coefficient (Wildman–Crippen LogP) is 3.87. The fourth-order valence-corrected chi connectivity index (χ4v) is 1.56. The summed E-state index contributed by atoms with van der Waals surface area (Å²) in [5.41, 5.74) is 0. The lowest BCUT2D eigenvalue weighted by molar-refractivity contribution is 0.588. The number of rotatable bonds is 0. The SMILES string of the molecule is [C]1=C\CCCCCCCCC/1. The van der Waals surface area contributed by atoms with Gasteiger partial charge < -0.3 is 0 Å². The van der Waals surface area contributed by atoms with Crippen LogP contribution in [0.2, 0.25) is 0 Å². The lowest BCUT2D eigenvalue weighted by Crippen LogP contribution is -1.78. The van der Waals surface area contributed by atoms with E-state index in [1.165, 1.54) is 57.8 Å². The molecule has 0 saturated heterocycles. The third kappa shape index (κ3) is 5.06. The highest BCUT2D eigenvalue weighted by Gasteiger charge is 1.92. The summed E-state index contributed by atoms with van der Waals surface area (Å²) < 4.78 is 0. The fourth-order valence-electron chi connectivity index (χ4n) is 1.56. The summed E-state index contributed by atoms with van der Waals surface area (Å²) in [5, 5.41) is 0. The van der Waals surface area contributed by atoms with Gasteiger partial charge in [0.1, 0.15) is 0 Å². The van der Waals surface area contributed by atoms with Crippen LogP contribution in [0.4, 0.5) is 0 Å². The lowest BCUT2D eigenvalue weighted by Gasteiger charge is -1.97. The highest BCUT2D eigenvalue weighted by atomic mass is 14.0. The molecule has 0 fully saturated rings. The van der Waals surface area contributed by atoms with Gasteiger partial charge in [-0.1, -0.05) is 38.2 Å². The van der Waals surface area contributed by atoms with Crippen LogP contribution in [-0.2, 0) is 0 Å². The molecule has 0 bridgehead atoms. The van der Waals surface area contributed by atoms with Crippen LogP contribution in [0.1, 0.15) is 57.8 Å². The minimum Gasteiger partial charge on any atom is -0.0811 e. The molecule has 0 aromatic heterocycles. The van der Waals surface area contributed by atoms with Crippen LogP contribution in [0.25, 0.3) is 0 Å². The van der Waals surface area contributed by atoms with Crippen molar-refractivity contribution in [3.05, 3.63) is 12.2 Å². The highest BCUT2D eigenvalue weighted by molar-refractivity contribution is 4.74. The summed E-state index contributed by atoms with van der Waals surface area (Å²) >= 11 is 0. The van der Waals surface area contributed by atoms with Gasteiger partial charge in [-0.3, -0.25) is 0 Å². The minimum absolute atomic E-state index is 1.19. The Morgan fingerprint density at radius 2 is 1.36 bits per heavy atom. The summed E-state index contributed by atoms with van der Waals surface area (Å²) in [5.74, 6) is 0. The zero-order valence-electron chi connectivity index (χ0n) is 7.44. The molecule has 1 rings (SSSR count). The molecule has 1 aliphatic rings. The largest absolute Gasteiger partial charge is 0.0811 e. The molecule has 0 saturated carbocycles. The van der Waals surface area contributed by atoms with Gasteiger partial charge in [-0.05, 0) is 31.8 Å². The van der Waals surface area contributed by atoms with Crippen LogP contribution in [0, 0.1) is 6.08 Å². The Labute approximate surface area is 70.7 Å². The Morgan fingerprint density at radius 1 is 0.727 bits per heavy atom. The molecule has 63 valence electrons. The third-order valence-corrected chi connectivity index (χ3v) is 2.31. The molecular weight excluding hydrogens is 132 g/mol. The van der Waals surface area contributed by atoms with Gasteiger partial charge in [0.25, 0.3) is 0 Å². The van der Waals surface area contributed by atoms with Gasteiger partial charge in [-0.15, -0.1) is 0 Å². The summed E-state index contributed by atoms with van der Waals surface area (Å²) in [4.78, 5) is 0. The number of hydrogen-bond acceptors (Lipinski definition) is 0. The maximum Gasteiger partial charge on any atom is -0.0279 e. The molecule has 1 radical (unpaired) electrons. The van der Waals surface area contributed by atoms with Crippen molar-refractivity contribution in [2.45, 2.75) is 57.8 Å². The van der Waals surface area contributed by atoms with Crippen molar-refractivity contribution >= 4 is 0 Å². The minimum atomic E-state index is 1.19. The topological polar surface area (TPSA) is 0 Å². The molecule has 0 aromatic rings. The van der Waals surface area contributed by atoms with Crippen LogP contribution in [0.5, 0.6) is 0 Å². The summed E-state index contributed by atoms with van der Waals surface area (Å²) in [6.45, 7) is 0. The zero-order valence-corrected chi connectivity index (χ0v) is 7.44. The Morgan fingerprint density at radius 3 is 2.18 bits per heavy atom. The highest BCUT2D eigenvalue weighted by Crippen LogP contribution is 2.11. The van der Waals surface area contributed by atoms with E-state index in [4.69, 9.17) is 0 Å². The van der Waals surface area contributed by atoms with Gasteiger partial charge in [0.15, 0.2) is 0 Å². The summed E-state index contributed by atoms with van der Waals surface area (Å²) in [6.07, 6.45) is 18.0. The molecule has 0 heterocycles. The average Bonchev–Trinajstić information content (AvgIpc) is 2.08. The van der Waals surface area contributed by atoms with E-state index in [9.17, 15) is 0 Å². The quantitative estimate of drug-likeness (QED) is 0.493. The van der Waals surface area contributed by atoms with Gasteiger partial charge in [-0.2, -0.15) is 0 Å². The number of hydrogen-bond donors (Lipinski definition) is 0. The van der Waals surface area contributed by atoms with Crippen LogP contribution in [0.3, 0.4) is 0 Å². The second-order valence-corrected chi connectivity index (χ2v) is 3.42. The van der Waals surface area contributed by atoms with Gasteiger partial charge in [0, 0.05) is 0 Å². The van der Waals surface area contributed by atoms with E-state index < -0.39 is 0 Å². The molecule has 11 heavy (non-hydrogen) atoms. The van der Waals surface area contributed by atoms with Crippen LogP contribution in [0.15, 0.2) is 6.08 Å². The Bertz CT molecular complexity index is 90.6. The van der Waals surface area contributed by atoms with Gasteiger partial charge in [-0.25, -0.2) is 0 Å². The summed E-state index contributed by atoms with van der Waals surface area (Å²) in [7, 11) is 0. The van der Waals surface area contributed by atoms with E-state index in [1.54, 1.807) is 0 Å². The van der Waals surface area contributed by atoms with E-state index in [0.717, 1.165) is 0 Å². The van der Waals surface area contributed by atoms with Crippen molar-refractivity contribution in [3.8, 4) is 0 Å². The van der Waals surface area contributed by atoms with Crippen molar-refractivity contribution in [1.29, 1.82) is 0 Å². The first-order valence-corrected chi connectivity index (χ1v) is 5.05. The normalized spacial score (nSPS) is 25.5. The first-order valence-electron chi connectivity index (χ1n) is 5.05. The Kier molecular flexibility index (Phi) is 5.18. The first kappa shape index (κ1) is 8.83. The molecule has 0 N–H and O–H groups in total. The molecule has 0 nitrogen and oxygen atoms in total. The monoisotopic (exact) mass is 151 g/mol. The van der Waals surface area contributed by atoms with Gasteiger partial charge >= 0.3 is 0 Å². The molecule has 0 aromatic carbocycles. The van der Waals surface area contributed by atoms with Crippen LogP contribution in [-0.4, -0.2) is 0 Å². The Hall–Kier alpha value is -0.260. The smallest absolute Gasteiger partial charge is 0.0279 e. The van der Waals surface area contributed by atoms with E-state index in [0.29, 0.717) is 0 Å². The summed E-state index contributed by atoms with van der Waals surface area (Å²) in [6, 6.07) is 0. The average molecular weight is 151 g/mol. The second kappa shape index (κ2) is 6.45. The Balaban J connectivity index is 2.11. The molecule has 0 heteroatoms. The predicted molar refractivity (Wildman–Crippen MR) is 49.4 cm³/mol. The third-order valence-electron chi connectivity index (χ3n) is 2.31. The molecule has 0 unspecified atom stereocenters. The maximum absolute atomic E-state index is 3.36. The van der Waals surface area contributed by atoms with Gasteiger partial charge in [0.05, 0.1) is 0 Å². The molecule has 0 amide bonds. The van der Waals surface area contributed by atoms with E-state index >= 15 is 0 Å². The van der Waals surface area contributed by atoms with E-state index in [-0.39, 0.29) is 0 Å². The number of allylic oxidation sites excluding steroid dienone is 2. The zero-order chi connectivity index (χ0) is 7.78. The van der Waals surface area contributed by atoms with Crippen molar-refractivity contribution in [2.75, 3.05) is 0 Å². The molecule has 0 spiro atoms. The molecular formula is C11H19. The lowest BCUT2D eigenvalue weighted by atomic mass is 10.1. The molecule has 0 aliphatic heterocycles. The van der Waals surface area contributed by atoms with Crippen molar-refractivity contribution in [2.24, 2.45) is 0 Å². The standard InChI is InChI=1S/C11H19/c1-2-4-6-8-10-11-9-7-5-3-1/h1H,2,4-11H2. The first-order chi connectivity index (χ1) is 5.50. The second-order valence-electron chi connectivity index (χ2n) is 3.42. The van der Waals surface area contributed by atoms with Crippen molar-refractivity contribution in [3.63, 3.8) is 0 Å². The van der Waals surface area contributed by atoms with E-state index in [2.05, 4.69) is 12.2 Å². The molecule has 0 atom stereocenters. The maximum atomic E-state index is 3.36.